The molecule has 5 atom stereocenters. The van der Waals surface area contributed by atoms with Crippen molar-refractivity contribution in [3.63, 3.8) is 0 Å². The van der Waals surface area contributed by atoms with Crippen molar-refractivity contribution in [3.05, 3.63) is 83.6 Å². The lowest BCUT2D eigenvalue weighted by Gasteiger charge is -2.29. The van der Waals surface area contributed by atoms with Crippen LogP contribution in [0.1, 0.15) is 65.0 Å². The number of para-hydroxylation sites is 2. The normalized spacial score (nSPS) is 24.5. The van der Waals surface area contributed by atoms with Crippen molar-refractivity contribution in [3.8, 4) is 0 Å². The first-order valence-corrected chi connectivity index (χ1v) is 22.9. The number of aliphatic hydroxyl groups excluding tert-OH is 1. The van der Waals surface area contributed by atoms with Crippen LogP contribution in [0.5, 0.6) is 0 Å². The molecule has 3 N–H and O–H groups in total. The lowest BCUT2D eigenvalue weighted by atomic mass is 9.81. The molecule has 0 aliphatic carbocycles. The Hall–Kier alpha value is -2.36. The highest BCUT2D eigenvalue weighted by Gasteiger charge is 2.44. The molecule has 2 unspecified atom stereocenters. The van der Waals surface area contributed by atoms with Crippen LogP contribution in [-0.2, 0) is 51.9 Å². The molecule has 3 heterocycles. The van der Waals surface area contributed by atoms with Gasteiger partial charge >= 0.3 is 7.82 Å². The zero-order valence-corrected chi connectivity index (χ0v) is 34.9. The Kier molecular flexibility index (Phi) is 14.6. The Morgan fingerprint density at radius 2 is 1.54 bits per heavy atom. The highest BCUT2D eigenvalue weighted by molar-refractivity contribution is 7.46. The van der Waals surface area contributed by atoms with E-state index in [1.807, 2.05) is 30.3 Å². The monoisotopic (exact) mass is 841 g/mol. The lowest BCUT2D eigenvalue weighted by Crippen LogP contribution is -2.30. The number of ether oxygens (including phenoxy) is 1. The second-order valence-electron chi connectivity index (χ2n) is 14.9. The average Bonchev–Trinajstić information content (AvgIpc) is 3.65. The van der Waals surface area contributed by atoms with Crippen molar-refractivity contribution >= 4 is 40.6 Å². The average molecular weight is 842 g/mol. The van der Waals surface area contributed by atoms with Crippen LogP contribution in [0.2, 0.25) is 0 Å². The number of allylic oxidation sites excluding steroid dienone is 4. The van der Waals surface area contributed by atoms with E-state index in [0.717, 1.165) is 28.3 Å². The smallest absolute Gasteiger partial charge is 0.469 e. The molecular weight excluding hydrogens is 789 g/mol. The first-order valence-electron chi connectivity index (χ1n) is 18.5. The minimum atomic E-state index is -5.00. The van der Waals surface area contributed by atoms with Crippen LogP contribution in [0.4, 0.5) is 11.4 Å². The van der Waals surface area contributed by atoms with Gasteiger partial charge in [0.15, 0.2) is 12.3 Å². The van der Waals surface area contributed by atoms with E-state index < -0.39 is 61.6 Å². The van der Waals surface area contributed by atoms with Crippen LogP contribution >= 0.6 is 23.5 Å². The minimum absolute atomic E-state index is 0.0807. The second kappa shape index (κ2) is 18.3. The number of phosphoric ester groups is 3. The molecule has 0 radical (unpaired) electrons. The van der Waals surface area contributed by atoms with E-state index in [2.05, 4.69) is 78.1 Å². The third-order valence-electron chi connectivity index (χ3n) is 10.1. The molecule has 2 aromatic carbocycles. The summed E-state index contributed by atoms with van der Waals surface area (Å²) in [6.07, 6.45) is 4.58. The molecule has 0 aromatic heterocycles. The molecule has 0 amide bonds. The highest BCUT2D eigenvalue weighted by Crippen LogP contribution is 2.48. The molecule has 16 nitrogen and oxygen atoms in total. The zero-order valence-electron chi connectivity index (χ0n) is 32.2. The number of fused-ring (bicyclic) bond motifs is 2. The molecule has 310 valence electrons. The van der Waals surface area contributed by atoms with E-state index in [1.165, 1.54) is 5.56 Å². The lowest BCUT2D eigenvalue weighted by molar-refractivity contribution is -0.438. The molecule has 5 rings (SSSR count). The summed E-state index contributed by atoms with van der Waals surface area (Å²) >= 11 is 0. The summed E-state index contributed by atoms with van der Waals surface area (Å²) in [5.41, 5.74) is 6.02. The third kappa shape index (κ3) is 11.0. The quantitative estimate of drug-likeness (QED) is 0.0932. The minimum Gasteiger partial charge on any atom is -0.756 e. The van der Waals surface area contributed by atoms with Crippen molar-refractivity contribution in [2.75, 3.05) is 51.0 Å². The van der Waals surface area contributed by atoms with E-state index in [-0.39, 0.29) is 30.5 Å². The Morgan fingerprint density at radius 1 is 0.893 bits per heavy atom. The van der Waals surface area contributed by atoms with Gasteiger partial charge < -0.3 is 52.4 Å². The fourth-order valence-corrected chi connectivity index (χ4v) is 9.48. The van der Waals surface area contributed by atoms with Crippen molar-refractivity contribution < 1.29 is 70.3 Å². The predicted molar refractivity (Wildman–Crippen MR) is 205 cm³/mol. The second-order valence-corrected chi connectivity index (χ2v) is 18.9. The summed E-state index contributed by atoms with van der Waals surface area (Å²) in [6.45, 7) is 9.32. The first-order chi connectivity index (χ1) is 26.3. The molecule has 19 heteroatoms. The summed E-state index contributed by atoms with van der Waals surface area (Å²) in [4.78, 5) is 45.1. The number of phosphoric acid groups is 3. The van der Waals surface area contributed by atoms with Gasteiger partial charge in [-0.05, 0) is 44.9 Å². The Labute approximate surface area is 327 Å². The number of anilines is 1. The van der Waals surface area contributed by atoms with Crippen LogP contribution in [-0.4, -0.2) is 89.6 Å². The SMILES string of the molecule is C[C@H]1C[C@@H](OP(=O)([O-])OCCOP(=O)([O-])OCCC[N+]2=C(/C=C/C=C3/N(CCCO)c4ccccc4C3(C)C)C(C)(C)c3ccccc32)[C@@H](COP(=O)(O)O)O1. The zero-order chi connectivity index (χ0) is 40.9. The maximum absolute atomic E-state index is 12.5. The summed E-state index contributed by atoms with van der Waals surface area (Å²) < 4.78 is 67.6. The summed E-state index contributed by atoms with van der Waals surface area (Å²) in [7, 11) is -14.7. The van der Waals surface area contributed by atoms with Gasteiger partial charge in [0.1, 0.15) is 6.10 Å². The van der Waals surface area contributed by atoms with Gasteiger partial charge in [0, 0.05) is 60.5 Å². The van der Waals surface area contributed by atoms with E-state index in [0.29, 0.717) is 25.9 Å². The predicted octanol–water partition coefficient (Wildman–Crippen LogP) is 4.73. The molecular formula is C37H52N2O14P3-. The Balaban J connectivity index is 1.18. The maximum atomic E-state index is 12.5. The highest BCUT2D eigenvalue weighted by atomic mass is 31.2. The van der Waals surface area contributed by atoms with Crippen molar-refractivity contribution in [1.29, 1.82) is 0 Å². The van der Waals surface area contributed by atoms with Crippen LogP contribution in [0.15, 0.2) is 72.5 Å². The topological polar surface area (TPSA) is 220 Å². The standard InChI is InChI=1S/C37H53N2O14P3/c1-27-25-32(33(52-27)26-51-54(41,42)43)53-56(46,47)50-24-23-49-55(44,45)48-22-12-20-39-31-16-9-7-14-29(31)37(4,5)35(39)18-10-17-34-36(2,3)28-13-6-8-15-30(28)38(34)19-11-21-40/h6-10,13-18,27,32-33,40H,11-12,19-26H2,1-5H3,(H3-,41,42,43,44,45,46,47)/p-1/t27-,32+,33+/m0/s1. The van der Waals surface area contributed by atoms with E-state index >= 15 is 0 Å². The molecule has 0 spiro atoms. The van der Waals surface area contributed by atoms with Crippen LogP contribution in [0.25, 0.3) is 0 Å². The van der Waals surface area contributed by atoms with Gasteiger partial charge in [0.25, 0.3) is 15.6 Å². The van der Waals surface area contributed by atoms with Gasteiger partial charge in [-0.15, -0.1) is 0 Å². The molecule has 1 fully saturated rings. The van der Waals surface area contributed by atoms with Gasteiger partial charge in [-0.2, -0.15) is 4.58 Å². The van der Waals surface area contributed by atoms with E-state index in [9.17, 15) is 28.6 Å². The number of rotatable bonds is 20. The maximum Gasteiger partial charge on any atom is 0.469 e. The van der Waals surface area contributed by atoms with Gasteiger partial charge in [-0.25, -0.2) is 4.57 Å². The largest absolute Gasteiger partial charge is 0.756 e. The van der Waals surface area contributed by atoms with Crippen molar-refractivity contribution in [2.24, 2.45) is 0 Å². The first kappa shape index (κ1) is 44.7. The fraction of sp³-hybridized carbons (Fsp3) is 0.541. The third-order valence-corrected chi connectivity index (χ3v) is 12.6. The van der Waals surface area contributed by atoms with E-state index in [4.69, 9.17) is 32.6 Å². The summed E-state index contributed by atoms with van der Waals surface area (Å²) in [5.74, 6) is 0. The van der Waals surface area contributed by atoms with E-state index in [1.54, 1.807) is 6.92 Å². The van der Waals surface area contributed by atoms with Crippen molar-refractivity contribution in [1.82, 2.24) is 0 Å². The number of nitrogens with zero attached hydrogens (tertiary/aromatic N) is 2. The fourth-order valence-electron chi connectivity index (χ4n) is 7.50. The molecule has 2 aromatic rings. The van der Waals surface area contributed by atoms with Gasteiger partial charge in [0.2, 0.25) is 5.69 Å². The number of aliphatic hydroxyl groups is 1. The number of benzene rings is 2. The number of hydrogen-bond donors (Lipinski definition) is 3. The molecule has 3 aliphatic heterocycles. The van der Waals surface area contributed by atoms with Crippen LogP contribution in [0, 0.1) is 0 Å². The Bertz CT molecular complexity index is 1940. The molecule has 0 saturated carbocycles. The van der Waals surface area contributed by atoms with Gasteiger partial charge in [-0.3, -0.25) is 13.7 Å². The summed E-state index contributed by atoms with van der Waals surface area (Å²) in [5, 5.41) is 9.60. The molecule has 0 bridgehead atoms. The van der Waals surface area contributed by atoms with Crippen LogP contribution < -0.4 is 14.7 Å². The Morgan fingerprint density at radius 3 is 2.23 bits per heavy atom. The van der Waals surface area contributed by atoms with Gasteiger partial charge in [0.05, 0.1) is 44.1 Å². The number of hydrogen-bond acceptors (Lipinski definition) is 13. The van der Waals surface area contributed by atoms with Gasteiger partial charge in [-0.1, -0.05) is 56.3 Å². The van der Waals surface area contributed by atoms with Crippen molar-refractivity contribution in [2.45, 2.75) is 83.0 Å². The molecule has 56 heavy (non-hydrogen) atoms. The molecule has 1 saturated heterocycles. The summed E-state index contributed by atoms with van der Waals surface area (Å²) in [6, 6.07) is 16.4. The molecule has 3 aliphatic rings. The van der Waals surface area contributed by atoms with Crippen LogP contribution in [0.3, 0.4) is 0 Å².